The lowest BCUT2D eigenvalue weighted by atomic mass is 10.3. The van der Waals surface area contributed by atoms with Gasteiger partial charge in [0.1, 0.15) is 11.6 Å². The van der Waals surface area contributed by atoms with Crippen molar-refractivity contribution in [1.29, 1.82) is 0 Å². The third kappa shape index (κ3) is 5.08. The molecule has 1 aromatic carbocycles. The number of hydrogen-bond acceptors (Lipinski definition) is 6. The summed E-state index contributed by atoms with van der Waals surface area (Å²) in [5.74, 6) is 0.357. The topological polar surface area (TPSA) is 64.1 Å². The largest absolute Gasteiger partial charge is 0.483 e. The third-order valence-corrected chi connectivity index (χ3v) is 4.82. The average molecular weight is 404 g/mol. The van der Waals surface area contributed by atoms with E-state index in [4.69, 9.17) is 4.74 Å². The highest BCUT2D eigenvalue weighted by Gasteiger charge is 2.10. The fraction of sp³-hybridized carbons (Fsp3) is 0.154. The molecule has 2 aromatic rings. The molecule has 1 aromatic heterocycles. The normalized spacial score (nSPS) is 10.3. The molecule has 0 fully saturated rings. The molecule has 0 aliphatic carbocycles. The van der Waals surface area contributed by atoms with Crippen LogP contribution in [0.4, 0.5) is 9.52 Å². The van der Waals surface area contributed by atoms with Gasteiger partial charge in [0.2, 0.25) is 5.13 Å². The van der Waals surface area contributed by atoms with Crippen LogP contribution in [0.1, 0.15) is 0 Å². The Morgan fingerprint density at radius 2 is 2.36 bits per heavy atom. The summed E-state index contributed by atoms with van der Waals surface area (Å²) in [6.45, 7) is 3.41. The van der Waals surface area contributed by atoms with E-state index in [0.29, 0.717) is 15.4 Å². The van der Waals surface area contributed by atoms with Crippen molar-refractivity contribution in [1.82, 2.24) is 10.2 Å². The summed E-state index contributed by atoms with van der Waals surface area (Å²) >= 11 is 5.92. The van der Waals surface area contributed by atoms with Crippen LogP contribution in [-0.4, -0.2) is 28.5 Å². The minimum atomic E-state index is -0.387. The average Bonchev–Trinajstić information content (AvgIpc) is 2.91. The van der Waals surface area contributed by atoms with Gasteiger partial charge in [-0.2, -0.15) is 0 Å². The Labute approximate surface area is 143 Å². The number of amides is 1. The highest BCUT2D eigenvalue weighted by Crippen LogP contribution is 2.26. The first-order valence-corrected chi connectivity index (χ1v) is 8.63. The van der Waals surface area contributed by atoms with E-state index < -0.39 is 0 Å². The molecule has 0 unspecified atom stereocenters. The van der Waals surface area contributed by atoms with Gasteiger partial charge in [-0.3, -0.25) is 10.1 Å². The second-order valence-electron chi connectivity index (χ2n) is 3.88. The van der Waals surface area contributed by atoms with Crippen LogP contribution in [0.5, 0.6) is 5.75 Å². The maximum Gasteiger partial charge on any atom is 0.264 e. The highest BCUT2D eigenvalue weighted by atomic mass is 79.9. The monoisotopic (exact) mass is 403 g/mol. The zero-order valence-electron chi connectivity index (χ0n) is 11.2. The van der Waals surface area contributed by atoms with E-state index in [1.54, 1.807) is 6.08 Å². The second kappa shape index (κ2) is 8.25. The van der Waals surface area contributed by atoms with Crippen LogP contribution in [0.15, 0.2) is 39.7 Å². The van der Waals surface area contributed by atoms with Gasteiger partial charge in [-0.1, -0.05) is 29.2 Å². The number of halogens is 2. The molecule has 22 heavy (non-hydrogen) atoms. The van der Waals surface area contributed by atoms with E-state index in [1.807, 2.05) is 0 Å². The number of carbonyl (C=O) groups excluding carboxylic acids is 1. The zero-order chi connectivity index (χ0) is 15.9. The maximum absolute atomic E-state index is 12.9. The number of hydrogen-bond donors (Lipinski definition) is 1. The Morgan fingerprint density at radius 1 is 1.55 bits per heavy atom. The van der Waals surface area contributed by atoms with E-state index in [9.17, 15) is 9.18 Å². The standard InChI is InChI=1S/C13H11BrFN3O2S2/c1-2-5-21-13-18-17-12(22-13)16-11(19)7-20-10-4-3-8(15)6-9(10)14/h2-4,6H,1,5,7H2,(H,16,17,19). The van der Waals surface area contributed by atoms with E-state index in [2.05, 4.69) is 38.0 Å². The zero-order valence-corrected chi connectivity index (χ0v) is 14.4. The van der Waals surface area contributed by atoms with Gasteiger partial charge in [0.25, 0.3) is 5.91 Å². The van der Waals surface area contributed by atoms with Gasteiger partial charge in [0, 0.05) is 5.75 Å². The van der Waals surface area contributed by atoms with Gasteiger partial charge in [0.05, 0.1) is 4.47 Å². The van der Waals surface area contributed by atoms with Gasteiger partial charge in [-0.15, -0.1) is 16.8 Å². The summed E-state index contributed by atoms with van der Waals surface area (Å²) in [6, 6.07) is 3.97. The highest BCUT2D eigenvalue weighted by molar-refractivity contribution is 9.10. The lowest BCUT2D eigenvalue weighted by molar-refractivity contribution is -0.118. The second-order valence-corrected chi connectivity index (χ2v) is 6.98. The summed E-state index contributed by atoms with van der Waals surface area (Å²) in [5.41, 5.74) is 0. The molecule has 0 radical (unpaired) electrons. The molecule has 5 nitrogen and oxygen atoms in total. The predicted molar refractivity (Wildman–Crippen MR) is 89.1 cm³/mol. The summed E-state index contributed by atoms with van der Waals surface area (Å²) in [5, 5.41) is 10.8. The van der Waals surface area contributed by atoms with Gasteiger partial charge in [0.15, 0.2) is 10.9 Å². The number of benzene rings is 1. The Bertz CT molecular complexity index is 681. The molecule has 0 bridgehead atoms. The van der Waals surface area contributed by atoms with Crippen molar-refractivity contribution in [3.05, 3.63) is 41.1 Å². The van der Waals surface area contributed by atoms with Crippen LogP contribution in [0, 0.1) is 5.82 Å². The molecule has 2 rings (SSSR count). The van der Waals surface area contributed by atoms with E-state index in [0.717, 1.165) is 10.1 Å². The minimum absolute atomic E-state index is 0.209. The van der Waals surface area contributed by atoms with E-state index in [-0.39, 0.29) is 18.3 Å². The molecule has 0 saturated carbocycles. The molecular formula is C13H11BrFN3O2S2. The van der Waals surface area contributed by atoms with Crippen molar-refractivity contribution in [3.63, 3.8) is 0 Å². The van der Waals surface area contributed by atoms with Crippen molar-refractivity contribution in [2.45, 2.75) is 4.34 Å². The number of ether oxygens (including phenoxy) is 1. The van der Waals surface area contributed by atoms with Crippen molar-refractivity contribution < 1.29 is 13.9 Å². The molecule has 1 heterocycles. The SMILES string of the molecule is C=CCSc1nnc(NC(=O)COc2ccc(F)cc2Br)s1. The van der Waals surface area contributed by atoms with Crippen LogP contribution in [0.2, 0.25) is 0 Å². The number of nitrogens with zero attached hydrogens (tertiary/aromatic N) is 2. The summed E-state index contributed by atoms with van der Waals surface area (Å²) in [7, 11) is 0. The third-order valence-electron chi connectivity index (χ3n) is 2.23. The van der Waals surface area contributed by atoms with Gasteiger partial charge < -0.3 is 4.74 Å². The summed E-state index contributed by atoms with van der Waals surface area (Å²) in [4.78, 5) is 11.8. The van der Waals surface area contributed by atoms with Crippen molar-refractivity contribution in [2.24, 2.45) is 0 Å². The van der Waals surface area contributed by atoms with Gasteiger partial charge in [-0.25, -0.2) is 4.39 Å². The molecule has 1 N–H and O–H groups in total. The first kappa shape index (κ1) is 16.9. The Hall–Kier alpha value is -1.45. The number of rotatable bonds is 7. The number of aromatic nitrogens is 2. The molecule has 0 spiro atoms. The Morgan fingerprint density at radius 3 is 3.09 bits per heavy atom. The van der Waals surface area contributed by atoms with Crippen LogP contribution in [0.25, 0.3) is 0 Å². The van der Waals surface area contributed by atoms with Crippen LogP contribution < -0.4 is 10.1 Å². The first-order chi connectivity index (χ1) is 10.6. The van der Waals surface area contributed by atoms with Crippen molar-refractivity contribution in [2.75, 3.05) is 17.7 Å². The maximum atomic E-state index is 12.9. The Kier molecular flexibility index (Phi) is 6.34. The molecule has 1 amide bonds. The Balaban J connectivity index is 1.85. The van der Waals surface area contributed by atoms with Crippen molar-refractivity contribution in [3.8, 4) is 5.75 Å². The predicted octanol–water partition coefficient (Wildman–Crippen LogP) is 3.74. The molecule has 0 saturated heterocycles. The van der Waals surface area contributed by atoms with Gasteiger partial charge >= 0.3 is 0 Å². The molecule has 0 atom stereocenters. The van der Waals surface area contributed by atoms with Crippen LogP contribution in [-0.2, 0) is 4.79 Å². The van der Waals surface area contributed by atoms with E-state index in [1.165, 1.54) is 41.3 Å². The molecule has 0 aliphatic rings. The number of nitrogens with one attached hydrogen (secondary N) is 1. The van der Waals surface area contributed by atoms with Gasteiger partial charge in [-0.05, 0) is 34.1 Å². The number of thioether (sulfide) groups is 1. The number of anilines is 1. The smallest absolute Gasteiger partial charge is 0.264 e. The van der Waals surface area contributed by atoms with Crippen molar-refractivity contribution >= 4 is 50.1 Å². The fourth-order valence-corrected chi connectivity index (χ4v) is 3.33. The summed E-state index contributed by atoms with van der Waals surface area (Å²) in [6.07, 6.45) is 1.76. The van der Waals surface area contributed by atoms with E-state index >= 15 is 0 Å². The van der Waals surface area contributed by atoms with Crippen LogP contribution in [0.3, 0.4) is 0 Å². The molecule has 116 valence electrons. The quantitative estimate of drug-likeness (QED) is 0.433. The molecule has 9 heteroatoms. The summed E-state index contributed by atoms with van der Waals surface area (Å²) < 4.78 is 19.4. The number of carbonyl (C=O) groups is 1. The molecule has 0 aliphatic heterocycles. The molecular weight excluding hydrogens is 393 g/mol. The minimum Gasteiger partial charge on any atom is -0.483 e. The lowest BCUT2D eigenvalue weighted by Crippen LogP contribution is -2.20. The first-order valence-electron chi connectivity index (χ1n) is 6.03. The van der Waals surface area contributed by atoms with Crippen LogP contribution >= 0.6 is 39.0 Å². The fourth-order valence-electron chi connectivity index (χ4n) is 1.34. The lowest BCUT2D eigenvalue weighted by Gasteiger charge is -2.07.